The number of carbonyl (C=O) groups excluding carboxylic acids is 1. The monoisotopic (exact) mass is 408 g/mol. The Kier molecular flexibility index (Phi) is 5.90. The third-order valence-corrected chi connectivity index (χ3v) is 5.53. The van der Waals surface area contributed by atoms with Crippen LogP contribution in [0.1, 0.15) is 29.9 Å². The lowest BCUT2D eigenvalue weighted by atomic mass is 9.95. The summed E-state index contributed by atoms with van der Waals surface area (Å²) in [5.74, 6) is 0.754. The molecule has 0 bridgehead atoms. The zero-order valence-corrected chi connectivity index (χ0v) is 17.2. The molecule has 0 radical (unpaired) electrons. The van der Waals surface area contributed by atoms with Crippen molar-refractivity contribution >= 4 is 11.6 Å². The van der Waals surface area contributed by atoms with Gasteiger partial charge in [0.1, 0.15) is 5.82 Å². The number of likely N-dealkylation sites (tertiary alicyclic amines) is 1. The molecule has 1 aliphatic rings. The van der Waals surface area contributed by atoms with Crippen LogP contribution >= 0.6 is 0 Å². The van der Waals surface area contributed by atoms with Crippen LogP contribution in [0, 0.1) is 25.6 Å². The standard InChI is InChI=1S/C23H25FN4O2/c1-15-3-8-20(16(2)13-15)25-23(29)18-9-11-28(12-10-18)14-21-26-22(27-30-21)17-4-6-19(24)7-5-17/h3-8,13,18H,9-12,14H2,1-2H3,(H,25,29). The zero-order valence-electron chi connectivity index (χ0n) is 17.2. The Balaban J connectivity index is 1.29. The number of nitrogens with one attached hydrogen (secondary N) is 1. The molecule has 1 aliphatic heterocycles. The molecule has 6 nitrogen and oxygen atoms in total. The van der Waals surface area contributed by atoms with Crippen LogP contribution in [-0.2, 0) is 11.3 Å². The smallest absolute Gasteiger partial charge is 0.241 e. The van der Waals surface area contributed by atoms with Crippen molar-refractivity contribution in [2.24, 2.45) is 5.92 Å². The maximum Gasteiger partial charge on any atom is 0.241 e. The van der Waals surface area contributed by atoms with Crippen molar-refractivity contribution in [2.75, 3.05) is 18.4 Å². The molecule has 1 amide bonds. The molecule has 30 heavy (non-hydrogen) atoms. The van der Waals surface area contributed by atoms with Crippen LogP contribution in [0.15, 0.2) is 47.0 Å². The molecule has 0 spiro atoms. The Bertz CT molecular complexity index is 1020. The number of benzene rings is 2. The zero-order chi connectivity index (χ0) is 21.1. The van der Waals surface area contributed by atoms with Gasteiger partial charge in [-0.15, -0.1) is 0 Å². The maximum absolute atomic E-state index is 13.1. The number of carbonyl (C=O) groups is 1. The number of anilines is 1. The minimum absolute atomic E-state index is 0.000542. The summed E-state index contributed by atoms with van der Waals surface area (Å²) in [6, 6.07) is 12.1. The molecule has 0 aliphatic carbocycles. The second kappa shape index (κ2) is 8.75. The summed E-state index contributed by atoms with van der Waals surface area (Å²) in [4.78, 5) is 19.3. The highest BCUT2D eigenvalue weighted by atomic mass is 19.1. The molecule has 1 N–H and O–H groups in total. The average molecular weight is 408 g/mol. The van der Waals surface area contributed by atoms with Gasteiger partial charge in [-0.25, -0.2) is 4.39 Å². The predicted molar refractivity (Wildman–Crippen MR) is 112 cm³/mol. The molecule has 0 unspecified atom stereocenters. The van der Waals surface area contributed by atoms with E-state index in [0.29, 0.717) is 23.8 Å². The van der Waals surface area contributed by atoms with Crippen LogP contribution in [0.5, 0.6) is 0 Å². The highest BCUT2D eigenvalue weighted by Crippen LogP contribution is 2.23. The Hall–Kier alpha value is -3.06. The number of halogens is 1. The summed E-state index contributed by atoms with van der Waals surface area (Å²) < 4.78 is 18.4. The number of rotatable bonds is 5. The number of aromatic nitrogens is 2. The normalized spacial score (nSPS) is 15.3. The van der Waals surface area contributed by atoms with Crippen LogP contribution in [-0.4, -0.2) is 34.0 Å². The quantitative estimate of drug-likeness (QED) is 0.680. The van der Waals surface area contributed by atoms with Gasteiger partial charge in [0.05, 0.1) is 6.54 Å². The largest absolute Gasteiger partial charge is 0.338 e. The highest BCUT2D eigenvalue weighted by Gasteiger charge is 2.26. The summed E-state index contributed by atoms with van der Waals surface area (Å²) in [5, 5.41) is 7.06. The molecule has 7 heteroatoms. The average Bonchev–Trinajstić information content (AvgIpc) is 3.19. The molecule has 1 aromatic heterocycles. The lowest BCUT2D eigenvalue weighted by molar-refractivity contribution is -0.121. The number of amides is 1. The fourth-order valence-electron chi connectivity index (χ4n) is 3.77. The number of aryl methyl sites for hydroxylation is 2. The Labute approximate surface area is 175 Å². The fourth-order valence-corrected chi connectivity index (χ4v) is 3.77. The molecule has 4 rings (SSSR count). The van der Waals surface area contributed by atoms with E-state index in [1.807, 2.05) is 26.0 Å². The van der Waals surface area contributed by atoms with E-state index >= 15 is 0 Å². The second-order valence-corrected chi connectivity index (χ2v) is 7.88. The van der Waals surface area contributed by atoms with Crippen molar-refractivity contribution in [3.8, 4) is 11.4 Å². The lowest BCUT2D eigenvalue weighted by Crippen LogP contribution is -2.37. The predicted octanol–water partition coefficient (Wildman–Crippen LogP) is 4.34. The maximum atomic E-state index is 13.1. The van der Waals surface area contributed by atoms with Gasteiger partial charge in [-0.3, -0.25) is 9.69 Å². The molecule has 2 aromatic carbocycles. The molecule has 0 saturated carbocycles. The van der Waals surface area contributed by atoms with Crippen LogP contribution in [0.4, 0.5) is 10.1 Å². The summed E-state index contributed by atoms with van der Waals surface area (Å²) in [5.41, 5.74) is 3.86. The van der Waals surface area contributed by atoms with Crippen molar-refractivity contribution < 1.29 is 13.7 Å². The van der Waals surface area contributed by atoms with Crippen molar-refractivity contribution in [3.63, 3.8) is 0 Å². The lowest BCUT2D eigenvalue weighted by Gasteiger charge is -2.30. The van der Waals surface area contributed by atoms with Gasteiger partial charge in [0.15, 0.2) is 0 Å². The van der Waals surface area contributed by atoms with E-state index in [-0.39, 0.29) is 17.6 Å². The molecule has 0 atom stereocenters. The van der Waals surface area contributed by atoms with Crippen LogP contribution in [0.2, 0.25) is 0 Å². The van der Waals surface area contributed by atoms with E-state index in [1.165, 1.54) is 17.7 Å². The van der Waals surface area contributed by atoms with Gasteiger partial charge in [0, 0.05) is 17.2 Å². The summed E-state index contributed by atoms with van der Waals surface area (Å²) in [6.07, 6.45) is 1.57. The van der Waals surface area contributed by atoms with Crippen molar-refractivity contribution in [3.05, 3.63) is 65.3 Å². The van der Waals surface area contributed by atoms with Gasteiger partial charge < -0.3 is 9.84 Å². The molecular weight excluding hydrogens is 383 g/mol. The van der Waals surface area contributed by atoms with Crippen molar-refractivity contribution in [2.45, 2.75) is 33.2 Å². The summed E-state index contributed by atoms with van der Waals surface area (Å²) in [7, 11) is 0. The van der Waals surface area contributed by atoms with Gasteiger partial charge in [0.2, 0.25) is 17.6 Å². The topological polar surface area (TPSA) is 71.3 Å². The van der Waals surface area contributed by atoms with E-state index in [0.717, 1.165) is 37.2 Å². The molecular formula is C23H25FN4O2. The number of piperidine rings is 1. The molecule has 1 fully saturated rings. The van der Waals surface area contributed by atoms with Gasteiger partial charge in [-0.1, -0.05) is 22.9 Å². The van der Waals surface area contributed by atoms with Crippen LogP contribution in [0.3, 0.4) is 0 Å². The van der Waals surface area contributed by atoms with E-state index in [1.54, 1.807) is 12.1 Å². The Morgan fingerprint density at radius 2 is 1.90 bits per heavy atom. The first-order chi connectivity index (χ1) is 14.5. The number of nitrogens with zero attached hydrogens (tertiary/aromatic N) is 3. The van der Waals surface area contributed by atoms with E-state index in [4.69, 9.17) is 4.52 Å². The van der Waals surface area contributed by atoms with Crippen LogP contribution in [0.25, 0.3) is 11.4 Å². The van der Waals surface area contributed by atoms with Gasteiger partial charge in [-0.2, -0.15) is 4.98 Å². The first-order valence-electron chi connectivity index (χ1n) is 10.2. The second-order valence-electron chi connectivity index (χ2n) is 7.88. The SMILES string of the molecule is Cc1ccc(NC(=O)C2CCN(Cc3nc(-c4ccc(F)cc4)no3)CC2)c(C)c1. The Morgan fingerprint density at radius 3 is 2.60 bits per heavy atom. The molecule has 3 aromatic rings. The third-order valence-electron chi connectivity index (χ3n) is 5.53. The summed E-state index contributed by atoms with van der Waals surface area (Å²) >= 11 is 0. The molecule has 1 saturated heterocycles. The summed E-state index contributed by atoms with van der Waals surface area (Å²) in [6.45, 7) is 6.17. The van der Waals surface area contributed by atoms with Gasteiger partial charge >= 0.3 is 0 Å². The Morgan fingerprint density at radius 1 is 1.17 bits per heavy atom. The minimum Gasteiger partial charge on any atom is -0.338 e. The molecule has 2 heterocycles. The van der Waals surface area contributed by atoms with Crippen molar-refractivity contribution in [1.82, 2.24) is 15.0 Å². The third kappa shape index (κ3) is 4.74. The number of hydrogen-bond acceptors (Lipinski definition) is 5. The van der Waals surface area contributed by atoms with E-state index in [2.05, 4.69) is 26.4 Å². The van der Waals surface area contributed by atoms with Gasteiger partial charge in [-0.05, 0) is 75.7 Å². The van der Waals surface area contributed by atoms with Crippen molar-refractivity contribution in [1.29, 1.82) is 0 Å². The highest BCUT2D eigenvalue weighted by molar-refractivity contribution is 5.93. The number of hydrogen-bond donors (Lipinski definition) is 1. The molecule has 156 valence electrons. The van der Waals surface area contributed by atoms with Gasteiger partial charge in [0.25, 0.3) is 0 Å². The minimum atomic E-state index is -0.299. The van der Waals surface area contributed by atoms with E-state index < -0.39 is 0 Å². The van der Waals surface area contributed by atoms with E-state index in [9.17, 15) is 9.18 Å². The first-order valence-corrected chi connectivity index (χ1v) is 10.2. The van der Waals surface area contributed by atoms with Crippen LogP contribution < -0.4 is 5.32 Å². The fraction of sp³-hybridized carbons (Fsp3) is 0.348. The first kappa shape index (κ1) is 20.2.